The average Bonchev–Trinajstić information content (AvgIpc) is 3.24. The first-order valence-corrected chi connectivity index (χ1v) is 8.32. The van der Waals surface area contributed by atoms with Gasteiger partial charge in [0, 0.05) is 18.7 Å². The standard InChI is InChI=1S/C20H19NO3/c22-19(11-14-10-16(14)13-6-2-1-3-7-13)21-12-17(20(23)24)15-8-4-5-9-18(15)21/h1-9,14,16-17H,10-12H2,(H,23,24)/t14-,16-,17?/m0/s1. The van der Waals surface area contributed by atoms with E-state index in [1.807, 2.05) is 42.5 Å². The van der Waals surface area contributed by atoms with Gasteiger partial charge in [-0.2, -0.15) is 0 Å². The Morgan fingerprint density at radius 2 is 1.75 bits per heavy atom. The number of hydrogen-bond donors (Lipinski definition) is 1. The number of rotatable bonds is 4. The highest BCUT2D eigenvalue weighted by molar-refractivity contribution is 5.99. The summed E-state index contributed by atoms with van der Waals surface area (Å²) in [7, 11) is 0. The smallest absolute Gasteiger partial charge is 0.312 e. The van der Waals surface area contributed by atoms with Gasteiger partial charge in [0.2, 0.25) is 5.91 Å². The van der Waals surface area contributed by atoms with E-state index in [2.05, 4.69) is 12.1 Å². The van der Waals surface area contributed by atoms with Crippen LogP contribution in [-0.4, -0.2) is 23.5 Å². The van der Waals surface area contributed by atoms with Crippen LogP contribution < -0.4 is 4.90 Å². The third-order valence-electron chi connectivity index (χ3n) is 5.15. The van der Waals surface area contributed by atoms with Crippen molar-refractivity contribution in [2.45, 2.75) is 24.7 Å². The number of carbonyl (C=O) groups is 2. The second kappa shape index (κ2) is 5.78. The first-order valence-electron chi connectivity index (χ1n) is 8.32. The number of fused-ring (bicyclic) bond motifs is 1. The second-order valence-corrected chi connectivity index (χ2v) is 6.67. The number of aliphatic carboxylic acids is 1. The van der Waals surface area contributed by atoms with Crippen LogP contribution >= 0.6 is 0 Å². The lowest BCUT2D eigenvalue weighted by atomic mass is 10.0. The van der Waals surface area contributed by atoms with Gasteiger partial charge in [0.1, 0.15) is 5.92 Å². The van der Waals surface area contributed by atoms with Gasteiger partial charge >= 0.3 is 5.97 Å². The normalized spacial score (nSPS) is 24.5. The number of carbonyl (C=O) groups excluding carboxylic acids is 1. The highest BCUT2D eigenvalue weighted by Crippen LogP contribution is 2.50. The molecule has 1 heterocycles. The summed E-state index contributed by atoms with van der Waals surface area (Å²) in [6.07, 6.45) is 1.52. The largest absolute Gasteiger partial charge is 0.481 e. The maximum absolute atomic E-state index is 12.7. The molecule has 2 aromatic carbocycles. The van der Waals surface area contributed by atoms with Gasteiger partial charge in [-0.15, -0.1) is 0 Å². The zero-order chi connectivity index (χ0) is 16.7. The van der Waals surface area contributed by atoms with Crippen LogP contribution in [0.25, 0.3) is 0 Å². The summed E-state index contributed by atoms with van der Waals surface area (Å²) in [4.78, 5) is 25.9. The van der Waals surface area contributed by atoms with Gasteiger partial charge < -0.3 is 10.0 Å². The fourth-order valence-corrected chi connectivity index (χ4v) is 3.77. The Morgan fingerprint density at radius 3 is 2.50 bits per heavy atom. The third-order valence-corrected chi connectivity index (χ3v) is 5.15. The molecular weight excluding hydrogens is 302 g/mol. The minimum absolute atomic E-state index is 0.0367. The molecule has 4 heteroatoms. The van der Waals surface area contributed by atoms with Crippen LogP contribution in [0.5, 0.6) is 0 Å². The summed E-state index contributed by atoms with van der Waals surface area (Å²) in [5.41, 5.74) is 2.79. The molecule has 0 aromatic heterocycles. The van der Waals surface area contributed by atoms with E-state index in [1.165, 1.54) is 5.56 Å². The molecule has 24 heavy (non-hydrogen) atoms. The summed E-state index contributed by atoms with van der Waals surface area (Å²) in [5.74, 6) is -0.616. The summed E-state index contributed by atoms with van der Waals surface area (Å²) >= 11 is 0. The summed E-state index contributed by atoms with van der Waals surface area (Å²) in [6.45, 7) is 0.246. The van der Waals surface area contributed by atoms with E-state index in [1.54, 1.807) is 4.90 Å². The van der Waals surface area contributed by atoms with Crippen molar-refractivity contribution in [2.75, 3.05) is 11.4 Å². The lowest BCUT2D eigenvalue weighted by Gasteiger charge is -2.17. The van der Waals surface area contributed by atoms with Crippen molar-refractivity contribution in [1.82, 2.24) is 0 Å². The molecule has 3 atom stereocenters. The van der Waals surface area contributed by atoms with E-state index >= 15 is 0 Å². The van der Waals surface area contributed by atoms with E-state index in [4.69, 9.17) is 0 Å². The molecule has 2 aliphatic rings. The average molecular weight is 321 g/mol. The molecule has 1 aliphatic carbocycles. The fraction of sp³-hybridized carbons (Fsp3) is 0.300. The SMILES string of the molecule is O=C(O)C1CN(C(=O)C[C@@H]2C[C@H]2c2ccccc2)c2ccccc21. The first-order chi connectivity index (χ1) is 11.6. The molecule has 1 aliphatic heterocycles. The van der Waals surface area contributed by atoms with E-state index in [0.717, 1.165) is 17.7 Å². The van der Waals surface area contributed by atoms with Gasteiger partial charge in [-0.1, -0.05) is 48.5 Å². The number of carboxylic acids is 1. The molecule has 0 saturated heterocycles. The predicted octanol–water partition coefficient (Wildman–Crippen LogP) is 3.40. The van der Waals surface area contributed by atoms with Crippen molar-refractivity contribution >= 4 is 17.6 Å². The molecule has 0 bridgehead atoms. The number of anilines is 1. The van der Waals surface area contributed by atoms with Crippen molar-refractivity contribution in [2.24, 2.45) is 5.92 Å². The van der Waals surface area contributed by atoms with Crippen LogP contribution in [0.15, 0.2) is 54.6 Å². The summed E-state index contributed by atoms with van der Waals surface area (Å²) < 4.78 is 0. The number of benzene rings is 2. The quantitative estimate of drug-likeness (QED) is 0.939. The fourth-order valence-electron chi connectivity index (χ4n) is 3.77. The Balaban J connectivity index is 1.47. The number of para-hydroxylation sites is 1. The van der Waals surface area contributed by atoms with Crippen LogP contribution in [0.3, 0.4) is 0 Å². The van der Waals surface area contributed by atoms with Crippen LogP contribution in [0, 0.1) is 5.92 Å². The van der Waals surface area contributed by atoms with E-state index in [9.17, 15) is 14.7 Å². The van der Waals surface area contributed by atoms with Crippen molar-refractivity contribution in [3.63, 3.8) is 0 Å². The van der Waals surface area contributed by atoms with Crippen molar-refractivity contribution in [3.8, 4) is 0 Å². The highest BCUT2D eigenvalue weighted by Gasteiger charge is 2.42. The topological polar surface area (TPSA) is 57.6 Å². The number of carboxylic acid groups (broad SMARTS) is 1. The second-order valence-electron chi connectivity index (χ2n) is 6.67. The summed E-state index contributed by atoms with van der Waals surface area (Å²) in [6, 6.07) is 17.6. The van der Waals surface area contributed by atoms with Gasteiger partial charge in [0.05, 0.1) is 0 Å². The van der Waals surface area contributed by atoms with Gasteiger partial charge in [0.15, 0.2) is 0 Å². The Kier molecular flexibility index (Phi) is 3.60. The molecule has 4 rings (SSSR count). The summed E-state index contributed by atoms with van der Waals surface area (Å²) in [5, 5.41) is 9.41. The molecule has 0 radical (unpaired) electrons. The van der Waals surface area contributed by atoms with Gasteiger partial charge in [0.25, 0.3) is 0 Å². The van der Waals surface area contributed by atoms with Crippen molar-refractivity contribution < 1.29 is 14.7 Å². The molecule has 2 aromatic rings. The number of nitrogens with zero attached hydrogens (tertiary/aromatic N) is 1. The molecule has 1 unspecified atom stereocenters. The van der Waals surface area contributed by atoms with Crippen molar-refractivity contribution in [3.05, 3.63) is 65.7 Å². The molecule has 122 valence electrons. The Labute approximate surface area is 140 Å². The molecule has 4 nitrogen and oxygen atoms in total. The van der Waals surface area contributed by atoms with Gasteiger partial charge in [-0.05, 0) is 35.4 Å². The Bertz CT molecular complexity index is 786. The Morgan fingerprint density at radius 1 is 1.04 bits per heavy atom. The van der Waals surface area contributed by atoms with Crippen LogP contribution in [0.4, 0.5) is 5.69 Å². The number of hydrogen-bond acceptors (Lipinski definition) is 2. The minimum atomic E-state index is -0.869. The Hall–Kier alpha value is -2.62. The lowest BCUT2D eigenvalue weighted by Crippen LogP contribution is -2.31. The van der Waals surface area contributed by atoms with Crippen molar-refractivity contribution in [1.29, 1.82) is 0 Å². The lowest BCUT2D eigenvalue weighted by molar-refractivity contribution is -0.138. The van der Waals surface area contributed by atoms with E-state index < -0.39 is 11.9 Å². The van der Waals surface area contributed by atoms with E-state index in [-0.39, 0.29) is 12.5 Å². The molecule has 1 fully saturated rings. The third kappa shape index (κ3) is 2.58. The van der Waals surface area contributed by atoms with Gasteiger partial charge in [-0.25, -0.2) is 0 Å². The maximum atomic E-state index is 12.7. The zero-order valence-corrected chi connectivity index (χ0v) is 13.3. The van der Waals surface area contributed by atoms with Crippen LogP contribution in [0.1, 0.15) is 35.8 Å². The van der Waals surface area contributed by atoms with Crippen LogP contribution in [0.2, 0.25) is 0 Å². The monoisotopic (exact) mass is 321 g/mol. The minimum Gasteiger partial charge on any atom is -0.481 e. The van der Waals surface area contributed by atoms with E-state index in [0.29, 0.717) is 18.3 Å². The first kappa shape index (κ1) is 14.9. The molecule has 1 saturated carbocycles. The molecule has 1 N–H and O–H groups in total. The van der Waals surface area contributed by atoms with Gasteiger partial charge in [-0.3, -0.25) is 9.59 Å². The highest BCUT2D eigenvalue weighted by atomic mass is 16.4. The molecule has 1 amide bonds. The van der Waals surface area contributed by atoms with Crippen LogP contribution in [-0.2, 0) is 9.59 Å². The molecular formula is C20H19NO3. The predicted molar refractivity (Wildman–Crippen MR) is 91.1 cm³/mol. The maximum Gasteiger partial charge on any atom is 0.312 e. The molecule has 0 spiro atoms. The zero-order valence-electron chi connectivity index (χ0n) is 13.3. The number of amides is 1.